The number of hydrogen-bond donors (Lipinski definition) is 2. The average molecular weight is 164 g/mol. The Morgan fingerprint density at radius 2 is 1.80 bits per heavy atom. The van der Waals surface area contributed by atoms with Crippen molar-refractivity contribution < 1.29 is 9.90 Å². The van der Waals surface area contributed by atoms with E-state index in [0.717, 1.165) is 0 Å². The fourth-order valence-electron chi connectivity index (χ4n) is 2.09. The number of carboxylic acid groups (broad SMARTS) is 1. The van der Waals surface area contributed by atoms with Crippen LogP contribution in [0.3, 0.4) is 0 Å². The van der Waals surface area contributed by atoms with E-state index in [1.807, 2.05) is 0 Å². The van der Waals surface area contributed by atoms with Crippen LogP contribution in [-0.4, -0.2) is 16.6 Å². The van der Waals surface area contributed by atoms with Gasteiger partial charge in [0.1, 0.15) is 0 Å². The fourth-order valence-corrected chi connectivity index (χ4v) is 2.09. The first-order valence-electron chi connectivity index (χ1n) is 3.09. The van der Waals surface area contributed by atoms with Crippen LogP contribution in [-0.2, 0) is 4.79 Å². The molecule has 3 N–H and O–H groups in total. The van der Waals surface area contributed by atoms with E-state index in [9.17, 15) is 4.79 Å². The molecule has 0 aromatic carbocycles. The molecule has 2 bridgehead atoms. The molecule has 3 fully saturated rings. The summed E-state index contributed by atoms with van der Waals surface area (Å²) in [7, 11) is 0. The van der Waals surface area contributed by atoms with Gasteiger partial charge in [-0.2, -0.15) is 0 Å². The Labute approximate surface area is 65.0 Å². The van der Waals surface area contributed by atoms with Crippen LogP contribution >= 0.6 is 12.4 Å². The summed E-state index contributed by atoms with van der Waals surface area (Å²) in [5.74, 6) is -0.658. The van der Waals surface area contributed by atoms with E-state index in [2.05, 4.69) is 0 Å². The highest BCUT2D eigenvalue weighted by Crippen LogP contribution is 2.65. The lowest BCUT2D eigenvalue weighted by atomic mass is 9.40. The number of hydrogen-bond acceptors (Lipinski definition) is 2. The standard InChI is InChI=1S/C6H9NO2.ClH/c7-6-1-5(2-6,3-6)4(8)9;/h1-3,7H2,(H,8,9);1H. The Kier molecular flexibility index (Phi) is 1.29. The van der Waals surface area contributed by atoms with Crippen molar-refractivity contribution in [2.45, 2.75) is 24.8 Å². The molecular formula is C6H10ClNO2. The summed E-state index contributed by atoms with van der Waals surface area (Å²) in [5.41, 5.74) is 5.20. The summed E-state index contributed by atoms with van der Waals surface area (Å²) >= 11 is 0. The molecule has 3 aliphatic carbocycles. The Morgan fingerprint density at radius 3 is 1.90 bits per heavy atom. The van der Waals surface area contributed by atoms with E-state index in [0.29, 0.717) is 19.3 Å². The van der Waals surface area contributed by atoms with Crippen molar-refractivity contribution in [3.8, 4) is 0 Å². The predicted octanol–water partition coefficient (Wildman–Crippen LogP) is 0.374. The SMILES string of the molecule is Cl.NC12CC(C(=O)O)(C1)C2. The van der Waals surface area contributed by atoms with Crippen LogP contribution in [0.5, 0.6) is 0 Å². The number of carbonyl (C=O) groups is 1. The zero-order chi connectivity index (χ0) is 6.70. The summed E-state index contributed by atoms with van der Waals surface area (Å²) in [6.07, 6.45) is 2.11. The van der Waals surface area contributed by atoms with Crippen LogP contribution in [0.4, 0.5) is 0 Å². The molecule has 0 aromatic rings. The van der Waals surface area contributed by atoms with Gasteiger partial charge in [0.15, 0.2) is 0 Å². The van der Waals surface area contributed by atoms with Crippen LogP contribution in [0, 0.1) is 5.41 Å². The molecule has 0 atom stereocenters. The van der Waals surface area contributed by atoms with Crippen molar-refractivity contribution in [1.82, 2.24) is 0 Å². The topological polar surface area (TPSA) is 63.3 Å². The van der Waals surface area contributed by atoms with Crippen molar-refractivity contribution in [2.75, 3.05) is 0 Å². The zero-order valence-electron chi connectivity index (χ0n) is 5.46. The van der Waals surface area contributed by atoms with Crippen molar-refractivity contribution in [3.63, 3.8) is 0 Å². The van der Waals surface area contributed by atoms with Crippen molar-refractivity contribution in [1.29, 1.82) is 0 Å². The molecule has 3 aliphatic rings. The Hall–Kier alpha value is -0.280. The van der Waals surface area contributed by atoms with E-state index in [1.54, 1.807) is 0 Å². The molecule has 58 valence electrons. The lowest BCUT2D eigenvalue weighted by Crippen LogP contribution is -2.74. The van der Waals surface area contributed by atoms with Gasteiger partial charge in [0.2, 0.25) is 0 Å². The van der Waals surface area contributed by atoms with Gasteiger partial charge in [-0.3, -0.25) is 4.79 Å². The van der Waals surface area contributed by atoms with Crippen LogP contribution < -0.4 is 5.73 Å². The third-order valence-corrected chi connectivity index (χ3v) is 2.53. The van der Waals surface area contributed by atoms with Crippen LogP contribution in [0.1, 0.15) is 19.3 Å². The molecule has 0 unspecified atom stereocenters. The van der Waals surface area contributed by atoms with Crippen molar-refractivity contribution in [2.24, 2.45) is 11.1 Å². The Morgan fingerprint density at radius 1 is 1.40 bits per heavy atom. The summed E-state index contributed by atoms with van der Waals surface area (Å²) in [4.78, 5) is 10.4. The van der Waals surface area contributed by atoms with Gasteiger partial charge in [-0.05, 0) is 19.3 Å². The first kappa shape index (κ1) is 7.82. The van der Waals surface area contributed by atoms with Gasteiger partial charge in [0.25, 0.3) is 0 Å². The van der Waals surface area contributed by atoms with E-state index in [4.69, 9.17) is 10.8 Å². The Balaban J connectivity index is 0.000000500. The minimum absolute atomic E-state index is 0. The van der Waals surface area contributed by atoms with Crippen molar-refractivity contribution in [3.05, 3.63) is 0 Å². The fraction of sp³-hybridized carbons (Fsp3) is 0.833. The van der Waals surface area contributed by atoms with Gasteiger partial charge < -0.3 is 10.8 Å². The van der Waals surface area contributed by atoms with Gasteiger partial charge in [-0.25, -0.2) is 0 Å². The zero-order valence-corrected chi connectivity index (χ0v) is 6.28. The van der Waals surface area contributed by atoms with E-state index >= 15 is 0 Å². The second-order valence-electron chi connectivity index (χ2n) is 3.48. The van der Waals surface area contributed by atoms with Gasteiger partial charge in [0, 0.05) is 5.54 Å². The summed E-state index contributed by atoms with van der Waals surface area (Å²) in [5, 5.41) is 8.59. The maximum atomic E-state index is 10.4. The molecule has 0 spiro atoms. The number of halogens is 1. The smallest absolute Gasteiger partial charge is 0.309 e. The first-order chi connectivity index (χ1) is 4.06. The monoisotopic (exact) mass is 163 g/mol. The number of nitrogens with two attached hydrogens (primary N) is 1. The van der Waals surface area contributed by atoms with E-state index in [1.165, 1.54) is 0 Å². The molecule has 0 radical (unpaired) electrons. The van der Waals surface area contributed by atoms with Gasteiger partial charge in [0.05, 0.1) is 5.41 Å². The van der Waals surface area contributed by atoms with Gasteiger partial charge >= 0.3 is 5.97 Å². The largest absolute Gasteiger partial charge is 0.481 e. The summed E-state index contributed by atoms with van der Waals surface area (Å²) in [6.45, 7) is 0. The molecule has 3 nitrogen and oxygen atoms in total. The molecule has 10 heavy (non-hydrogen) atoms. The second-order valence-corrected chi connectivity index (χ2v) is 3.48. The van der Waals surface area contributed by atoms with Gasteiger partial charge in [-0.15, -0.1) is 12.4 Å². The maximum Gasteiger partial charge on any atom is 0.309 e. The first-order valence-corrected chi connectivity index (χ1v) is 3.09. The lowest BCUT2D eigenvalue weighted by molar-refractivity contribution is -0.190. The van der Waals surface area contributed by atoms with E-state index in [-0.39, 0.29) is 23.4 Å². The maximum absolute atomic E-state index is 10.4. The predicted molar refractivity (Wildman–Crippen MR) is 38.1 cm³/mol. The number of rotatable bonds is 1. The summed E-state index contributed by atoms with van der Waals surface area (Å²) < 4.78 is 0. The second kappa shape index (κ2) is 1.66. The quantitative estimate of drug-likeness (QED) is 0.587. The molecule has 0 saturated heterocycles. The summed E-state index contributed by atoms with van der Waals surface area (Å²) in [6, 6.07) is 0. The molecule has 3 rings (SSSR count). The third kappa shape index (κ3) is 0.620. The normalized spacial score (nSPS) is 48.1. The van der Waals surface area contributed by atoms with Crippen LogP contribution in [0.15, 0.2) is 0 Å². The van der Waals surface area contributed by atoms with Crippen LogP contribution in [0.2, 0.25) is 0 Å². The minimum atomic E-state index is -0.658. The Bertz CT molecular complexity index is 172. The molecule has 0 aromatic heterocycles. The molecule has 0 heterocycles. The highest BCUT2D eigenvalue weighted by atomic mass is 35.5. The highest BCUT2D eigenvalue weighted by Gasteiger charge is 2.70. The highest BCUT2D eigenvalue weighted by molar-refractivity contribution is 5.85. The molecule has 4 heteroatoms. The van der Waals surface area contributed by atoms with Gasteiger partial charge in [-0.1, -0.05) is 0 Å². The van der Waals surface area contributed by atoms with Crippen molar-refractivity contribution >= 4 is 18.4 Å². The van der Waals surface area contributed by atoms with Crippen LogP contribution in [0.25, 0.3) is 0 Å². The molecular weight excluding hydrogens is 154 g/mol. The lowest BCUT2D eigenvalue weighted by Gasteiger charge is -2.66. The number of aliphatic carboxylic acids is 1. The minimum Gasteiger partial charge on any atom is -0.481 e. The third-order valence-electron chi connectivity index (χ3n) is 2.53. The average Bonchev–Trinajstić information content (AvgIpc) is 1.54. The number of carboxylic acids is 1. The molecule has 3 saturated carbocycles. The molecule has 0 amide bonds. The molecule has 0 aliphatic heterocycles. The van der Waals surface area contributed by atoms with E-state index < -0.39 is 5.97 Å².